The number of rotatable bonds is 3. The molecule has 1 aromatic rings. The molecule has 1 rings (SSSR count). The van der Waals surface area contributed by atoms with Crippen LogP contribution in [0.5, 0.6) is 0 Å². The molecule has 0 saturated carbocycles. The van der Waals surface area contributed by atoms with Gasteiger partial charge in [0, 0.05) is 12.1 Å². The Balaban J connectivity index is 2.87. The zero-order valence-electron chi connectivity index (χ0n) is 6.71. The first-order valence-electron chi connectivity index (χ1n) is 3.60. The van der Waals surface area contributed by atoms with Crippen molar-refractivity contribution in [2.24, 2.45) is 0 Å². The van der Waals surface area contributed by atoms with E-state index in [2.05, 4.69) is 0 Å². The molecular formula is C9H7NO3. The van der Waals surface area contributed by atoms with Gasteiger partial charge in [0.1, 0.15) is 6.29 Å². The zero-order chi connectivity index (χ0) is 9.68. The first-order chi connectivity index (χ1) is 6.24. The second-order valence-electron chi connectivity index (χ2n) is 2.34. The van der Waals surface area contributed by atoms with Crippen molar-refractivity contribution < 1.29 is 9.72 Å². The van der Waals surface area contributed by atoms with Crippen LogP contribution in [0, 0.1) is 10.1 Å². The summed E-state index contributed by atoms with van der Waals surface area (Å²) >= 11 is 0. The summed E-state index contributed by atoms with van der Waals surface area (Å²) in [6, 6.07) is 5.95. The van der Waals surface area contributed by atoms with E-state index in [1.807, 2.05) is 0 Å². The lowest BCUT2D eigenvalue weighted by atomic mass is 10.2. The zero-order valence-corrected chi connectivity index (χ0v) is 6.71. The van der Waals surface area contributed by atoms with E-state index in [0.717, 1.165) is 5.56 Å². The molecule has 0 spiro atoms. The van der Waals surface area contributed by atoms with Crippen LogP contribution in [0.1, 0.15) is 5.56 Å². The molecule has 0 unspecified atom stereocenters. The topological polar surface area (TPSA) is 60.2 Å². The summed E-state index contributed by atoms with van der Waals surface area (Å²) in [5.74, 6) is 0. The van der Waals surface area contributed by atoms with Crippen molar-refractivity contribution in [2.45, 2.75) is 0 Å². The predicted molar refractivity (Wildman–Crippen MR) is 48.2 cm³/mol. The summed E-state index contributed by atoms with van der Waals surface area (Å²) in [4.78, 5) is 19.8. The monoisotopic (exact) mass is 177 g/mol. The molecule has 0 radical (unpaired) electrons. The van der Waals surface area contributed by atoms with Gasteiger partial charge >= 0.3 is 0 Å². The quantitative estimate of drug-likeness (QED) is 0.306. The summed E-state index contributed by atoms with van der Waals surface area (Å²) < 4.78 is 0. The third-order valence-electron chi connectivity index (χ3n) is 1.47. The molecule has 0 saturated heterocycles. The van der Waals surface area contributed by atoms with Gasteiger partial charge in [-0.2, -0.15) is 0 Å². The number of nitro benzene ring substituents is 1. The third kappa shape index (κ3) is 2.52. The number of non-ortho nitro benzene ring substituents is 1. The maximum absolute atomic E-state index is 10.3. The summed E-state index contributed by atoms with van der Waals surface area (Å²) in [7, 11) is 0. The third-order valence-corrected chi connectivity index (χ3v) is 1.47. The van der Waals surface area contributed by atoms with Crippen LogP contribution < -0.4 is 0 Å². The lowest BCUT2D eigenvalue weighted by molar-refractivity contribution is -0.384. The highest BCUT2D eigenvalue weighted by atomic mass is 16.6. The van der Waals surface area contributed by atoms with Crippen molar-refractivity contribution in [1.82, 2.24) is 0 Å². The van der Waals surface area contributed by atoms with Crippen molar-refractivity contribution >= 4 is 18.0 Å². The predicted octanol–water partition coefficient (Wildman–Crippen LogP) is 1.81. The number of nitrogens with zero attached hydrogens (tertiary/aromatic N) is 1. The van der Waals surface area contributed by atoms with Gasteiger partial charge in [-0.25, -0.2) is 0 Å². The first kappa shape index (κ1) is 9.12. The lowest BCUT2D eigenvalue weighted by Crippen LogP contribution is -1.86. The van der Waals surface area contributed by atoms with E-state index in [0.29, 0.717) is 6.29 Å². The second kappa shape index (κ2) is 4.15. The van der Waals surface area contributed by atoms with E-state index in [1.165, 1.54) is 18.2 Å². The van der Waals surface area contributed by atoms with E-state index < -0.39 is 4.92 Å². The highest BCUT2D eigenvalue weighted by molar-refractivity contribution is 5.73. The largest absolute Gasteiger partial charge is 0.299 e. The molecule has 0 heterocycles. The van der Waals surface area contributed by atoms with Gasteiger partial charge in [0.15, 0.2) is 0 Å². The van der Waals surface area contributed by atoms with Crippen LogP contribution >= 0.6 is 0 Å². The Bertz CT molecular complexity index is 340. The fourth-order valence-corrected chi connectivity index (χ4v) is 0.858. The van der Waals surface area contributed by atoms with Crippen molar-refractivity contribution in [3.05, 3.63) is 46.0 Å². The Morgan fingerprint density at radius 3 is 2.31 bits per heavy atom. The van der Waals surface area contributed by atoms with Crippen molar-refractivity contribution in [1.29, 1.82) is 0 Å². The molecule has 4 heteroatoms. The van der Waals surface area contributed by atoms with Crippen LogP contribution in [-0.2, 0) is 4.79 Å². The van der Waals surface area contributed by atoms with Gasteiger partial charge in [-0.15, -0.1) is 0 Å². The van der Waals surface area contributed by atoms with Crippen LogP contribution in [0.25, 0.3) is 6.08 Å². The van der Waals surface area contributed by atoms with Crippen molar-refractivity contribution in [3.63, 3.8) is 0 Å². The van der Waals surface area contributed by atoms with E-state index in [1.54, 1.807) is 18.2 Å². The Hall–Kier alpha value is -1.97. The molecule has 0 atom stereocenters. The average molecular weight is 177 g/mol. The minimum absolute atomic E-state index is 0.0447. The van der Waals surface area contributed by atoms with Gasteiger partial charge in [0.2, 0.25) is 0 Å². The Morgan fingerprint density at radius 2 is 1.85 bits per heavy atom. The average Bonchev–Trinajstić information content (AvgIpc) is 2.15. The van der Waals surface area contributed by atoms with Gasteiger partial charge < -0.3 is 0 Å². The number of carbonyl (C=O) groups is 1. The maximum atomic E-state index is 10.3. The van der Waals surface area contributed by atoms with Crippen LogP contribution in [0.4, 0.5) is 5.69 Å². The molecule has 0 aromatic heterocycles. The Morgan fingerprint density at radius 1 is 1.23 bits per heavy atom. The lowest BCUT2D eigenvalue weighted by Gasteiger charge is -1.91. The number of hydrogen-bond acceptors (Lipinski definition) is 3. The van der Waals surface area contributed by atoms with Crippen LogP contribution in [0.3, 0.4) is 0 Å². The molecular weight excluding hydrogens is 170 g/mol. The molecule has 0 fully saturated rings. The van der Waals surface area contributed by atoms with Gasteiger partial charge in [-0.05, 0) is 23.8 Å². The van der Waals surface area contributed by atoms with E-state index in [4.69, 9.17) is 0 Å². The number of hydrogen-bond donors (Lipinski definition) is 0. The number of benzene rings is 1. The first-order valence-corrected chi connectivity index (χ1v) is 3.60. The Kier molecular flexibility index (Phi) is 2.92. The molecule has 0 N–H and O–H groups in total. The molecule has 0 bridgehead atoms. The van der Waals surface area contributed by atoms with Crippen molar-refractivity contribution in [2.75, 3.05) is 0 Å². The SMILES string of the molecule is O=C/C=C/c1ccc([N+](=O)[O-])cc1. The number of carbonyl (C=O) groups excluding carboxylic acids is 1. The molecule has 66 valence electrons. The normalized spacial score (nSPS) is 10.2. The molecule has 0 aliphatic heterocycles. The van der Waals surface area contributed by atoms with Gasteiger partial charge in [-0.1, -0.05) is 6.08 Å². The fraction of sp³-hybridized carbons (Fsp3) is 0. The number of allylic oxidation sites excluding steroid dienone is 1. The molecule has 0 aliphatic rings. The summed E-state index contributed by atoms with van der Waals surface area (Å²) in [5.41, 5.74) is 0.806. The highest BCUT2D eigenvalue weighted by Gasteiger charge is 2.01. The Labute approximate surface area is 74.7 Å². The molecule has 13 heavy (non-hydrogen) atoms. The summed E-state index contributed by atoms with van der Waals surface area (Å²) in [6.07, 6.45) is 3.57. The maximum Gasteiger partial charge on any atom is 0.269 e. The number of nitro groups is 1. The minimum Gasteiger partial charge on any atom is -0.299 e. The molecule has 4 nitrogen and oxygen atoms in total. The molecule has 0 amide bonds. The number of aldehydes is 1. The van der Waals surface area contributed by atoms with Crippen LogP contribution in [0.15, 0.2) is 30.3 Å². The molecule has 0 aliphatic carbocycles. The van der Waals surface area contributed by atoms with Gasteiger partial charge in [0.25, 0.3) is 5.69 Å². The summed E-state index contributed by atoms with van der Waals surface area (Å²) in [5, 5.41) is 10.3. The highest BCUT2D eigenvalue weighted by Crippen LogP contribution is 2.12. The molecule has 1 aromatic carbocycles. The van der Waals surface area contributed by atoms with Gasteiger partial charge in [-0.3, -0.25) is 14.9 Å². The summed E-state index contributed by atoms with van der Waals surface area (Å²) in [6.45, 7) is 0. The fourth-order valence-electron chi connectivity index (χ4n) is 0.858. The minimum atomic E-state index is -0.465. The van der Waals surface area contributed by atoms with Crippen LogP contribution in [-0.4, -0.2) is 11.2 Å². The van der Waals surface area contributed by atoms with Gasteiger partial charge in [0.05, 0.1) is 4.92 Å². The standard InChI is InChI=1S/C9H7NO3/c11-7-1-2-8-3-5-9(6-4-8)10(12)13/h1-7H/b2-1+. The second-order valence-corrected chi connectivity index (χ2v) is 2.34. The van der Waals surface area contributed by atoms with E-state index in [9.17, 15) is 14.9 Å². The smallest absolute Gasteiger partial charge is 0.269 e. The van der Waals surface area contributed by atoms with Crippen LogP contribution in [0.2, 0.25) is 0 Å². The van der Waals surface area contributed by atoms with Crippen molar-refractivity contribution in [3.8, 4) is 0 Å². The van der Waals surface area contributed by atoms with E-state index >= 15 is 0 Å². The van der Waals surface area contributed by atoms with E-state index in [-0.39, 0.29) is 5.69 Å².